The van der Waals surface area contributed by atoms with Crippen molar-refractivity contribution >= 4 is 40.3 Å². The number of alkyl halides is 3. The van der Waals surface area contributed by atoms with Crippen molar-refractivity contribution < 1.29 is 17.6 Å². The molecule has 0 unspecified atom stereocenters. The van der Waals surface area contributed by atoms with Crippen molar-refractivity contribution in [1.82, 2.24) is 9.66 Å². The number of nitrogens with zero attached hydrogens (tertiary/aromatic N) is 3. The molecule has 0 bridgehead atoms. The fourth-order valence-corrected chi connectivity index (χ4v) is 3.89. The Kier molecular flexibility index (Phi) is 6.15. The topological polar surface area (TPSA) is 60.4 Å². The Balaban J connectivity index is 1.60. The maximum Gasteiger partial charge on any atom is 0.416 e. The van der Waals surface area contributed by atoms with E-state index in [1.54, 1.807) is 54.6 Å². The Bertz CT molecular complexity index is 1690. The Hall–Kier alpha value is -3.88. The quantitative estimate of drug-likeness (QED) is 0.227. The summed E-state index contributed by atoms with van der Waals surface area (Å²) in [5.74, 6) is 0.737. The molecule has 5 rings (SSSR count). The third-order valence-electron chi connectivity index (χ3n) is 5.33. The lowest BCUT2D eigenvalue weighted by Gasteiger charge is -2.11. The normalized spacial score (nSPS) is 12.0. The molecule has 0 N–H and O–H groups in total. The molecule has 0 amide bonds. The molecule has 0 radical (unpaired) electrons. The molecule has 0 aliphatic carbocycles. The number of halogens is 5. The molecule has 5 nitrogen and oxygen atoms in total. The largest absolute Gasteiger partial charge is 0.455 e. The first-order valence-corrected chi connectivity index (χ1v) is 11.3. The summed E-state index contributed by atoms with van der Waals surface area (Å²) in [5, 5.41) is 5.26. The number of rotatable bonds is 4. The van der Waals surface area contributed by atoms with E-state index < -0.39 is 17.3 Å². The van der Waals surface area contributed by atoms with E-state index in [1.807, 2.05) is 0 Å². The van der Waals surface area contributed by atoms with Crippen LogP contribution in [0.15, 0.2) is 93.2 Å². The van der Waals surface area contributed by atoms with Crippen LogP contribution in [-0.4, -0.2) is 15.9 Å². The molecular formula is C26H14Cl2F3N3O2. The number of aromatic nitrogens is 2. The number of fused-ring (bicyclic) bond motifs is 1. The second kappa shape index (κ2) is 9.29. The van der Waals surface area contributed by atoms with Crippen LogP contribution in [0.1, 0.15) is 11.3 Å². The zero-order chi connectivity index (χ0) is 25.4. The van der Waals surface area contributed by atoms with Gasteiger partial charge in [0.1, 0.15) is 11.5 Å². The highest BCUT2D eigenvalue weighted by Gasteiger charge is 2.31. The van der Waals surface area contributed by atoms with Gasteiger partial charge in [0.25, 0.3) is 5.56 Å². The Morgan fingerprint density at radius 2 is 1.69 bits per heavy atom. The summed E-state index contributed by atoms with van der Waals surface area (Å²) in [6, 6.07) is 19.4. The van der Waals surface area contributed by atoms with E-state index in [2.05, 4.69) is 10.1 Å². The fraction of sp³-hybridized carbons (Fsp3) is 0.0385. The van der Waals surface area contributed by atoms with Crippen LogP contribution in [0, 0.1) is 0 Å². The highest BCUT2D eigenvalue weighted by Crippen LogP contribution is 2.32. The number of hydrogen-bond acceptors (Lipinski definition) is 4. The minimum Gasteiger partial charge on any atom is -0.455 e. The highest BCUT2D eigenvalue weighted by molar-refractivity contribution is 6.42. The lowest BCUT2D eigenvalue weighted by Crippen LogP contribution is -2.20. The molecule has 3 aromatic carbocycles. The zero-order valence-electron chi connectivity index (χ0n) is 18.1. The van der Waals surface area contributed by atoms with Crippen molar-refractivity contribution in [2.75, 3.05) is 0 Å². The summed E-state index contributed by atoms with van der Waals surface area (Å²) in [6.45, 7) is 0. The maximum absolute atomic E-state index is 13.3. The average molecular weight is 528 g/mol. The smallest absolute Gasteiger partial charge is 0.416 e. The van der Waals surface area contributed by atoms with Crippen molar-refractivity contribution in [3.05, 3.63) is 111 Å². The molecule has 0 atom stereocenters. The van der Waals surface area contributed by atoms with Gasteiger partial charge in [-0.3, -0.25) is 4.79 Å². The second-order valence-electron chi connectivity index (χ2n) is 7.72. The van der Waals surface area contributed by atoms with Crippen molar-refractivity contribution in [1.29, 1.82) is 0 Å². The Morgan fingerprint density at radius 1 is 0.889 bits per heavy atom. The van der Waals surface area contributed by atoms with Gasteiger partial charge in [-0.1, -0.05) is 47.5 Å². The average Bonchev–Trinajstić information content (AvgIpc) is 3.34. The van der Waals surface area contributed by atoms with Gasteiger partial charge in [-0.05, 0) is 54.6 Å². The van der Waals surface area contributed by atoms with Gasteiger partial charge in [-0.15, -0.1) is 0 Å². The highest BCUT2D eigenvalue weighted by atomic mass is 35.5. The summed E-state index contributed by atoms with van der Waals surface area (Å²) in [6.07, 6.45) is -3.27. The summed E-state index contributed by atoms with van der Waals surface area (Å²) in [7, 11) is 0. The second-order valence-corrected chi connectivity index (χ2v) is 8.54. The standard InChI is InChI=1S/C26H14Cl2F3N3O2/c27-20-10-8-15(13-21(20)28)23-11-9-18(36-23)14-32-34-24(16-4-3-5-17(12-16)26(29,30)31)33-22-7-2-1-6-19(22)25(34)35/h1-14H. The molecule has 180 valence electrons. The van der Waals surface area contributed by atoms with E-state index in [-0.39, 0.29) is 16.8 Å². The van der Waals surface area contributed by atoms with E-state index in [4.69, 9.17) is 27.6 Å². The molecule has 2 aromatic heterocycles. The minimum absolute atomic E-state index is 0.0442. The van der Waals surface area contributed by atoms with Crippen LogP contribution < -0.4 is 5.56 Å². The Labute approximate surface area is 212 Å². The van der Waals surface area contributed by atoms with E-state index >= 15 is 0 Å². The van der Waals surface area contributed by atoms with Gasteiger partial charge in [-0.2, -0.15) is 22.9 Å². The summed E-state index contributed by atoms with van der Waals surface area (Å²) in [4.78, 5) is 17.7. The van der Waals surface area contributed by atoms with Gasteiger partial charge in [0.15, 0.2) is 5.82 Å². The first-order valence-electron chi connectivity index (χ1n) is 10.5. The van der Waals surface area contributed by atoms with Gasteiger partial charge >= 0.3 is 6.18 Å². The van der Waals surface area contributed by atoms with E-state index in [0.29, 0.717) is 32.6 Å². The zero-order valence-corrected chi connectivity index (χ0v) is 19.6. The van der Waals surface area contributed by atoms with Crippen LogP contribution in [0.2, 0.25) is 10.0 Å². The number of para-hydroxylation sites is 1. The van der Waals surface area contributed by atoms with Crippen LogP contribution in [0.5, 0.6) is 0 Å². The number of benzene rings is 3. The maximum atomic E-state index is 13.3. The minimum atomic E-state index is -4.56. The van der Waals surface area contributed by atoms with Gasteiger partial charge < -0.3 is 4.42 Å². The summed E-state index contributed by atoms with van der Waals surface area (Å²) in [5.41, 5.74) is -0.309. The molecule has 0 saturated carbocycles. The van der Waals surface area contributed by atoms with Gasteiger partial charge in [0.2, 0.25) is 0 Å². The van der Waals surface area contributed by atoms with E-state index in [9.17, 15) is 18.0 Å². The summed E-state index contributed by atoms with van der Waals surface area (Å²) >= 11 is 12.0. The van der Waals surface area contributed by atoms with Crippen LogP contribution in [-0.2, 0) is 6.18 Å². The molecule has 0 spiro atoms. The van der Waals surface area contributed by atoms with Crippen molar-refractivity contribution in [2.45, 2.75) is 6.18 Å². The van der Waals surface area contributed by atoms with Gasteiger partial charge in [-0.25, -0.2) is 4.98 Å². The molecule has 5 aromatic rings. The first kappa shape index (κ1) is 23.8. The number of hydrogen-bond donors (Lipinski definition) is 0. The van der Waals surface area contributed by atoms with Crippen LogP contribution >= 0.6 is 23.2 Å². The first-order chi connectivity index (χ1) is 17.2. The Morgan fingerprint density at radius 3 is 2.47 bits per heavy atom. The molecule has 0 aliphatic rings. The number of furan rings is 1. The van der Waals surface area contributed by atoms with Gasteiger partial charge in [0, 0.05) is 11.1 Å². The lowest BCUT2D eigenvalue weighted by molar-refractivity contribution is -0.137. The molecule has 0 aliphatic heterocycles. The molecule has 10 heteroatoms. The van der Waals surface area contributed by atoms with Crippen LogP contribution in [0.3, 0.4) is 0 Å². The monoisotopic (exact) mass is 527 g/mol. The van der Waals surface area contributed by atoms with E-state index in [1.165, 1.54) is 18.3 Å². The molecule has 0 fully saturated rings. The SMILES string of the molecule is O=c1c2ccccc2nc(-c2cccc(C(F)(F)F)c2)n1N=Cc1ccc(-c2ccc(Cl)c(Cl)c2)o1. The van der Waals surface area contributed by atoms with Crippen LogP contribution in [0.25, 0.3) is 33.6 Å². The van der Waals surface area contributed by atoms with Gasteiger partial charge in [0.05, 0.1) is 32.7 Å². The molecular weight excluding hydrogens is 514 g/mol. The van der Waals surface area contributed by atoms with E-state index in [0.717, 1.165) is 16.8 Å². The molecule has 36 heavy (non-hydrogen) atoms. The summed E-state index contributed by atoms with van der Waals surface area (Å²) < 4.78 is 46.7. The predicted octanol–water partition coefficient (Wildman–Crippen LogP) is 7.53. The van der Waals surface area contributed by atoms with Crippen molar-refractivity contribution in [3.8, 4) is 22.7 Å². The van der Waals surface area contributed by atoms with Crippen molar-refractivity contribution in [3.63, 3.8) is 0 Å². The molecule has 2 heterocycles. The molecule has 0 saturated heterocycles. The third kappa shape index (κ3) is 4.65. The fourth-order valence-electron chi connectivity index (χ4n) is 3.59. The third-order valence-corrected chi connectivity index (χ3v) is 6.07. The predicted molar refractivity (Wildman–Crippen MR) is 134 cm³/mol. The lowest BCUT2D eigenvalue weighted by atomic mass is 10.1. The van der Waals surface area contributed by atoms with Crippen molar-refractivity contribution in [2.24, 2.45) is 5.10 Å². The van der Waals surface area contributed by atoms with Crippen LogP contribution in [0.4, 0.5) is 13.2 Å².